The lowest BCUT2D eigenvalue weighted by atomic mass is 10.1. The molecule has 1 aromatic carbocycles. The Morgan fingerprint density at radius 3 is 2.82 bits per heavy atom. The van der Waals surface area contributed by atoms with Gasteiger partial charge in [0, 0.05) is 24.2 Å². The van der Waals surface area contributed by atoms with Crippen molar-refractivity contribution in [3.05, 3.63) is 42.0 Å². The van der Waals surface area contributed by atoms with Crippen molar-refractivity contribution in [1.82, 2.24) is 4.90 Å². The lowest BCUT2D eigenvalue weighted by Crippen LogP contribution is -2.32. The van der Waals surface area contributed by atoms with E-state index in [0.29, 0.717) is 24.2 Å². The molecule has 1 N–H and O–H groups in total. The smallest absolute Gasteiger partial charge is 0.254 e. The van der Waals surface area contributed by atoms with Gasteiger partial charge in [-0.15, -0.1) is 6.58 Å². The minimum atomic E-state index is -0.0554. The minimum Gasteiger partial charge on any atom is -0.508 e. The van der Waals surface area contributed by atoms with Crippen LogP contribution in [-0.2, 0) is 0 Å². The van der Waals surface area contributed by atoms with E-state index in [9.17, 15) is 9.90 Å². The van der Waals surface area contributed by atoms with Gasteiger partial charge < -0.3 is 10.0 Å². The largest absolute Gasteiger partial charge is 0.508 e. The van der Waals surface area contributed by atoms with E-state index in [0.717, 1.165) is 6.42 Å². The summed E-state index contributed by atoms with van der Waals surface area (Å²) in [6, 6.07) is 5.01. The Kier molecular flexibility index (Phi) is 4.76. The van der Waals surface area contributed by atoms with Crippen molar-refractivity contribution in [2.75, 3.05) is 13.1 Å². The molecule has 1 aromatic rings. The number of amides is 1. The Morgan fingerprint density at radius 1 is 1.53 bits per heavy atom. The molecule has 0 atom stereocenters. The molecule has 0 saturated carbocycles. The number of carbonyl (C=O) groups excluding carboxylic acids is 1. The van der Waals surface area contributed by atoms with Crippen molar-refractivity contribution in [2.24, 2.45) is 0 Å². The van der Waals surface area contributed by atoms with Crippen molar-refractivity contribution < 1.29 is 9.90 Å². The molecular weight excluding hydrogens is 214 g/mol. The van der Waals surface area contributed by atoms with Crippen LogP contribution in [0.4, 0.5) is 0 Å². The van der Waals surface area contributed by atoms with Crippen LogP contribution in [0.1, 0.15) is 29.3 Å². The molecule has 0 aliphatic rings. The summed E-state index contributed by atoms with van der Waals surface area (Å²) in [6.07, 6.45) is 2.61. The second-order valence-corrected chi connectivity index (χ2v) is 3.99. The summed E-state index contributed by atoms with van der Waals surface area (Å²) in [7, 11) is 0. The van der Waals surface area contributed by atoms with Crippen LogP contribution in [0.2, 0.25) is 0 Å². The van der Waals surface area contributed by atoms with E-state index in [1.807, 2.05) is 6.92 Å². The number of hydrogen-bond donors (Lipinski definition) is 1. The average molecular weight is 233 g/mol. The van der Waals surface area contributed by atoms with Crippen LogP contribution in [0, 0.1) is 6.92 Å². The van der Waals surface area contributed by atoms with Gasteiger partial charge in [0.15, 0.2) is 0 Å². The van der Waals surface area contributed by atoms with Gasteiger partial charge in [-0.05, 0) is 25.5 Å². The number of aromatic hydroxyl groups is 1. The second-order valence-electron chi connectivity index (χ2n) is 3.99. The number of rotatable bonds is 5. The first-order chi connectivity index (χ1) is 8.11. The minimum absolute atomic E-state index is 0.0554. The summed E-state index contributed by atoms with van der Waals surface area (Å²) in [5, 5.41) is 9.60. The molecule has 0 aromatic heterocycles. The zero-order valence-electron chi connectivity index (χ0n) is 10.4. The number of hydrogen-bond acceptors (Lipinski definition) is 2. The van der Waals surface area contributed by atoms with E-state index in [4.69, 9.17) is 0 Å². The third-order valence-corrected chi connectivity index (χ3v) is 2.67. The van der Waals surface area contributed by atoms with Gasteiger partial charge in [-0.2, -0.15) is 0 Å². The van der Waals surface area contributed by atoms with Crippen molar-refractivity contribution in [3.8, 4) is 5.75 Å². The molecule has 0 radical (unpaired) electrons. The number of phenolic OH excluding ortho intramolecular Hbond substituents is 1. The molecule has 1 rings (SSSR count). The summed E-state index contributed by atoms with van der Waals surface area (Å²) in [5.41, 5.74) is 1.18. The van der Waals surface area contributed by atoms with E-state index >= 15 is 0 Å². The fraction of sp³-hybridized carbons (Fsp3) is 0.357. The molecular formula is C14H19NO2. The highest BCUT2D eigenvalue weighted by Crippen LogP contribution is 2.20. The third kappa shape index (κ3) is 3.09. The van der Waals surface area contributed by atoms with E-state index < -0.39 is 0 Å². The van der Waals surface area contributed by atoms with Gasteiger partial charge in [0.25, 0.3) is 5.91 Å². The highest BCUT2D eigenvalue weighted by atomic mass is 16.3. The molecule has 0 heterocycles. The lowest BCUT2D eigenvalue weighted by molar-refractivity contribution is 0.0773. The van der Waals surface area contributed by atoms with E-state index in [1.165, 1.54) is 0 Å². The fourth-order valence-corrected chi connectivity index (χ4v) is 1.73. The van der Waals surface area contributed by atoms with Gasteiger partial charge in [-0.3, -0.25) is 4.79 Å². The predicted octanol–water partition coefficient (Wildman–Crippen LogP) is 2.74. The van der Waals surface area contributed by atoms with Gasteiger partial charge in [0.2, 0.25) is 0 Å². The molecule has 17 heavy (non-hydrogen) atoms. The van der Waals surface area contributed by atoms with Gasteiger partial charge in [0.1, 0.15) is 5.75 Å². The normalized spacial score (nSPS) is 10.0. The average Bonchev–Trinajstić information content (AvgIpc) is 2.31. The van der Waals surface area contributed by atoms with Crippen LogP contribution in [0.25, 0.3) is 0 Å². The summed E-state index contributed by atoms with van der Waals surface area (Å²) in [5.74, 6) is 0.103. The maximum atomic E-state index is 12.3. The molecule has 0 unspecified atom stereocenters. The molecule has 0 bridgehead atoms. The van der Waals surface area contributed by atoms with Gasteiger partial charge in [0.05, 0.1) is 0 Å². The highest BCUT2D eigenvalue weighted by Gasteiger charge is 2.16. The lowest BCUT2D eigenvalue weighted by Gasteiger charge is -2.21. The van der Waals surface area contributed by atoms with Crippen LogP contribution in [-0.4, -0.2) is 29.0 Å². The van der Waals surface area contributed by atoms with E-state index in [1.54, 1.807) is 36.1 Å². The molecule has 3 nitrogen and oxygen atoms in total. The third-order valence-electron chi connectivity index (χ3n) is 2.67. The van der Waals surface area contributed by atoms with Crippen LogP contribution in [0.5, 0.6) is 5.75 Å². The Hall–Kier alpha value is -1.77. The van der Waals surface area contributed by atoms with Crippen LogP contribution in [0.3, 0.4) is 0 Å². The van der Waals surface area contributed by atoms with Crippen LogP contribution >= 0.6 is 0 Å². The van der Waals surface area contributed by atoms with Crippen molar-refractivity contribution in [1.29, 1.82) is 0 Å². The van der Waals surface area contributed by atoms with Gasteiger partial charge in [-0.1, -0.05) is 19.1 Å². The topological polar surface area (TPSA) is 40.5 Å². The first kappa shape index (κ1) is 13.3. The highest BCUT2D eigenvalue weighted by molar-refractivity contribution is 5.96. The molecule has 0 spiro atoms. The molecule has 3 heteroatoms. The summed E-state index contributed by atoms with van der Waals surface area (Å²) in [6.45, 7) is 8.66. The molecule has 1 amide bonds. The SMILES string of the molecule is C=CCN(CCC)C(=O)c1cccc(O)c1C. The first-order valence-electron chi connectivity index (χ1n) is 5.80. The molecule has 0 aliphatic carbocycles. The summed E-state index contributed by atoms with van der Waals surface area (Å²) in [4.78, 5) is 14.0. The number of phenols is 1. The summed E-state index contributed by atoms with van der Waals surface area (Å²) < 4.78 is 0. The first-order valence-corrected chi connectivity index (χ1v) is 5.80. The predicted molar refractivity (Wildman–Crippen MR) is 69.2 cm³/mol. The number of benzene rings is 1. The Bertz CT molecular complexity index is 413. The number of carbonyl (C=O) groups is 1. The van der Waals surface area contributed by atoms with Crippen LogP contribution < -0.4 is 0 Å². The Balaban J connectivity index is 3.00. The Morgan fingerprint density at radius 2 is 2.24 bits per heavy atom. The maximum absolute atomic E-state index is 12.3. The molecule has 0 aliphatic heterocycles. The van der Waals surface area contributed by atoms with Gasteiger partial charge in [-0.25, -0.2) is 0 Å². The quantitative estimate of drug-likeness (QED) is 0.794. The van der Waals surface area contributed by atoms with Gasteiger partial charge >= 0.3 is 0 Å². The van der Waals surface area contributed by atoms with E-state index in [-0.39, 0.29) is 11.7 Å². The second kappa shape index (κ2) is 6.09. The number of nitrogens with zero attached hydrogens (tertiary/aromatic N) is 1. The van der Waals surface area contributed by atoms with E-state index in [2.05, 4.69) is 6.58 Å². The zero-order valence-corrected chi connectivity index (χ0v) is 10.4. The summed E-state index contributed by atoms with van der Waals surface area (Å²) >= 11 is 0. The Labute approximate surface area is 102 Å². The van der Waals surface area contributed by atoms with Crippen molar-refractivity contribution >= 4 is 5.91 Å². The monoisotopic (exact) mass is 233 g/mol. The molecule has 0 fully saturated rings. The molecule has 92 valence electrons. The maximum Gasteiger partial charge on any atom is 0.254 e. The fourth-order valence-electron chi connectivity index (χ4n) is 1.73. The van der Waals surface area contributed by atoms with Crippen molar-refractivity contribution in [2.45, 2.75) is 20.3 Å². The standard InChI is InChI=1S/C14H19NO2/c1-4-9-15(10-5-2)14(17)12-7-6-8-13(16)11(12)3/h4,6-8,16H,1,5,9-10H2,2-3H3. The van der Waals surface area contributed by atoms with Crippen molar-refractivity contribution in [3.63, 3.8) is 0 Å². The van der Waals surface area contributed by atoms with Crippen LogP contribution in [0.15, 0.2) is 30.9 Å². The molecule has 0 saturated heterocycles. The zero-order chi connectivity index (χ0) is 12.8.